The van der Waals surface area contributed by atoms with Crippen LogP contribution in [0.5, 0.6) is 5.88 Å². The molecule has 24 heavy (non-hydrogen) atoms. The predicted octanol–water partition coefficient (Wildman–Crippen LogP) is 2.30. The predicted molar refractivity (Wildman–Crippen MR) is 96.0 cm³/mol. The van der Waals surface area contributed by atoms with E-state index in [-0.39, 0.29) is 37.1 Å². The molecule has 0 radical (unpaired) electrons. The first kappa shape index (κ1) is 22.7. The van der Waals surface area contributed by atoms with E-state index in [1.807, 2.05) is 6.92 Å². The van der Waals surface area contributed by atoms with Gasteiger partial charge >= 0.3 is 6.18 Å². The van der Waals surface area contributed by atoms with Gasteiger partial charge in [-0.15, -0.1) is 24.0 Å². The monoisotopic (exact) mass is 462 g/mol. The Morgan fingerprint density at radius 3 is 2.67 bits per heavy atom. The highest BCUT2D eigenvalue weighted by atomic mass is 127. The third-order valence-electron chi connectivity index (χ3n) is 2.62. The molecule has 1 aromatic rings. The molecule has 0 saturated carbocycles. The van der Waals surface area contributed by atoms with Crippen LogP contribution in [0.25, 0.3) is 0 Å². The number of nitrogens with zero attached hydrogens (tertiary/aromatic N) is 2. The van der Waals surface area contributed by atoms with Crippen LogP contribution in [0.3, 0.4) is 0 Å². The first-order valence-electron chi connectivity index (χ1n) is 7.15. The van der Waals surface area contributed by atoms with Gasteiger partial charge in [-0.25, -0.2) is 4.98 Å². The molecule has 2 N–H and O–H groups in total. The molecule has 0 aliphatic carbocycles. The van der Waals surface area contributed by atoms with Gasteiger partial charge in [-0.05, 0) is 19.1 Å². The Balaban J connectivity index is 0.00000529. The van der Waals surface area contributed by atoms with Crippen molar-refractivity contribution >= 4 is 29.9 Å². The average molecular weight is 462 g/mol. The van der Waals surface area contributed by atoms with Crippen molar-refractivity contribution in [3.8, 4) is 5.88 Å². The minimum absolute atomic E-state index is 0. The molecule has 0 atom stereocenters. The Morgan fingerprint density at radius 1 is 1.29 bits per heavy atom. The molecule has 0 bridgehead atoms. The van der Waals surface area contributed by atoms with Crippen LogP contribution in [-0.4, -0.2) is 50.9 Å². The Kier molecular flexibility index (Phi) is 11.5. The second-order valence-electron chi connectivity index (χ2n) is 4.38. The zero-order chi connectivity index (χ0) is 17.1. The van der Waals surface area contributed by atoms with Gasteiger partial charge in [0, 0.05) is 19.9 Å². The van der Waals surface area contributed by atoms with Crippen molar-refractivity contribution in [3.05, 3.63) is 23.9 Å². The van der Waals surface area contributed by atoms with E-state index in [1.165, 1.54) is 12.3 Å². The lowest BCUT2D eigenvalue weighted by Crippen LogP contribution is -2.39. The number of methoxy groups -OCH3 is 1. The molecule has 1 rings (SSSR count). The van der Waals surface area contributed by atoms with Crippen molar-refractivity contribution in [2.45, 2.75) is 13.1 Å². The molecule has 1 aromatic heterocycles. The summed E-state index contributed by atoms with van der Waals surface area (Å²) in [5.74, 6) is 0.119. The number of pyridine rings is 1. The van der Waals surface area contributed by atoms with Crippen LogP contribution in [0.15, 0.2) is 23.3 Å². The van der Waals surface area contributed by atoms with E-state index in [1.54, 1.807) is 7.11 Å². The van der Waals surface area contributed by atoms with Crippen molar-refractivity contribution < 1.29 is 22.6 Å². The summed E-state index contributed by atoms with van der Waals surface area (Å²) in [6.07, 6.45) is -3.23. The molecule has 1 heterocycles. The van der Waals surface area contributed by atoms with Gasteiger partial charge in [-0.2, -0.15) is 13.2 Å². The summed E-state index contributed by atoms with van der Waals surface area (Å²) in [5, 5.41) is 5.97. The van der Waals surface area contributed by atoms with Crippen LogP contribution in [0.4, 0.5) is 13.2 Å². The van der Waals surface area contributed by atoms with Gasteiger partial charge in [0.25, 0.3) is 0 Å². The smallest absolute Gasteiger partial charge is 0.421 e. The van der Waals surface area contributed by atoms with Gasteiger partial charge in [0.1, 0.15) is 12.2 Å². The van der Waals surface area contributed by atoms with Gasteiger partial charge in [0.2, 0.25) is 5.88 Å². The number of hydrogen-bond donors (Lipinski definition) is 2. The molecule has 138 valence electrons. The first-order valence-corrected chi connectivity index (χ1v) is 7.15. The minimum atomic E-state index is -4.49. The lowest BCUT2D eigenvalue weighted by Gasteiger charge is -2.14. The molecule has 10 heteroatoms. The standard InChI is InChI=1S/C14H21F3N4O2.HI/c1-3-18-13(20-7-9-22-2)21-8-10-23-12-11(14(15,16)17)5-4-6-19-12;/h4-6H,3,7-10H2,1-2H3,(H2,18,20,21);1H. The fourth-order valence-corrected chi connectivity index (χ4v) is 1.63. The summed E-state index contributed by atoms with van der Waals surface area (Å²) >= 11 is 0. The van der Waals surface area contributed by atoms with Gasteiger partial charge in [0.15, 0.2) is 5.96 Å². The highest BCUT2D eigenvalue weighted by Gasteiger charge is 2.34. The minimum Gasteiger partial charge on any atom is -0.475 e. The molecular formula is C14H22F3IN4O2. The third kappa shape index (κ3) is 8.52. The summed E-state index contributed by atoms with van der Waals surface area (Å²) in [6, 6.07) is 2.16. The largest absolute Gasteiger partial charge is 0.475 e. The maximum Gasteiger partial charge on any atom is 0.421 e. The molecule has 0 saturated heterocycles. The van der Waals surface area contributed by atoms with Crippen molar-refractivity contribution in [2.24, 2.45) is 4.99 Å². The highest BCUT2D eigenvalue weighted by Crippen LogP contribution is 2.34. The van der Waals surface area contributed by atoms with E-state index < -0.39 is 17.6 Å². The van der Waals surface area contributed by atoms with E-state index in [9.17, 15) is 13.2 Å². The lowest BCUT2D eigenvalue weighted by atomic mass is 10.2. The normalized spacial score (nSPS) is 11.6. The summed E-state index contributed by atoms with van der Waals surface area (Å²) in [6.45, 7) is 3.84. The maximum atomic E-state index is 12.8. The van der Waals surface area contributed by atoms with Gasteiger partial charge in [0.05, 0.1) is 19.7 Å². The molecular weight excluding hydrogens is 440 g/mol. The van der Waals surface area contributed by atoms with Crippen LogP contribution in [0.2, 0.25) is 0 Å². The van der Waals surface area contributed by atoms with Gasteiger partial charge in [-0.3, -0.25) is 4.99 Å². The molecule has 0 spiro atoms. The first-order chi connectivity index (χ1) is 11.0. The number of ether oxygens (including phenoxy) is 2. The molecule has 0 amide bonds. The molecule has 0 unspecified atom stereocenters. The number of aromatic nitrogens is 1. The van der Waals surface area contributed by atoms with Crippen molar-refractivity contribution in [1.82, 2.24) is 15.6 Å². The zero-order valence-corrected chi connectivity index (χ0v) is 15.9. The van der Waals surface area contributed by atoms with E-state index in [0.717, 1.165) is 6.07 Å². The maximum absolute atomic E-state index is 12.8. The number of guanidine groups is 1. The number of hydrogen-bond acceptors (Lipinski definition) is 4. The van der Waals surface area contributed by atoms with Crippen molar-refractivity contribution in [2.75, 3.05) is 40.0 Å². The summed E-state index contributed by atoms with van der Waals surface area (Å²) < 4.78 is 48.4. The molecule has 0 fully saturated rings. The number of rotatable bonds is 8. The van der Waals surface area contributed by atoms with Crippen LogP contribution in [-0.2, 0) is 10.9 Å². The quantitative estimate of drug-likeness (QED) is 0.269. The van der Waals surface area contributed by atoms with Crippen molar-refractivity contribution in [3.63, 3.8) is 0 Å². The lowest BCUT2D eigenvalue weighted by molar-refractivity contribution is -0.139. The second-order valence-corrected chi connectivity index (χ2v) is 4.38. The highest BCUT2D eigenvalue weighted by molar-refractivity contribution is 14.0. The Bertz CT molecular complexity index is 501. The Morgan fingerprint density at radius 2 is 2.04 bits per heavy atom. The van der Waals surface area contributed by atoms with E-state index in [4.69, 9.17) is 9.47 Å². The molecule has 0 aliphatic heterocycles. The topological polar surface area (TPSA) is 67.8 Å². The van der Waals surface area contributed by atoms with Crippen LogP contribution < -0.4 is 15.4 Å². The second kappa shape index (κ2) is 12.1. The van der Waals surface area contributed by atoms with Crippen LogP contribution in [0.1, 0.15) is 12.5 Å². The Labute approximate surface area is 156 Å². The molecule has 6 nitrogen and oxygen atoms in total. The van der Waals surface area contributed by atoms with E-state index in [2.05, 4.69) is 20.6 Å². The summed E-state index contributed by atoms with van der Waals surface area (Å²) in [7, 11) is 1.58. The number of halogens is 4. The van der Waals surface area contributed by atoms with E-state index in [0.29, 0.717) is 25.7 Å². The number of alkyl halides is 3. The summed E-state index contributed by atoms with van der Waals surface area (Å²) in [4.78, 5) is 7.85. The third-order valence-corrected chi connectivity index (χ3v) is 2.62. The van der Waals surface area contributed by atoms with Crippen LogP contribution in [0, 0.1) is 0 Å². The number of aliphatic imine (C=N–C) groups is 1. The molecule has 0 aliphatic rings. The fraction of sp³-hybridized carbons (Fsp3) is 0.571. The van der Waals surface area contributed by atoms with Crippen molar-refractivity contribution in [1.29, 1.82) is 0 Å². The van der Waals surface area contributed by atoms with E-state index >= 15 is 0 Å². The average Bonchev–Trinajstić information content (AvgIpc) is 2.51. The zero-order valence-electron chi connectivity index (χ0n) is 13.5. The molecule has 0 aromatic carbocycles. The van der Waals surface area contributed by atoms with Gasteiger partial charge in [-0.1, -0.05) is 0 Å². The SMILES string of the molecule is CCNC(=NCCOC)NCCOc1ncccc1C(F)(F)F.I. The Hall–Kier alpha value is -1.30. The van der Waals surface area contributed by atoms with Crippen LogP contribution >= 0.6 is 24.0 Å². The van der Waals surface area contributed by atoms with Gasteiger partial charge < -0.3 is 20.1 Å². The summed E-state index contributed by atoms with van der Waals surface area (Å²) in [5.41, 5.74) is -0.888. The fourth-order valence-electron chi connectivity index (χ4n) is 1.63. The number of nitrogens with one attached hydrogen (secondary N) is 2.